The van der Waals surface area contributed by atoms with E-state index in [0.29, 0.717) is 12.5 Å². The first-order chi connectivity index (χ1) is 13.0. The molecule has 0 bridgehead atoms. The number of nitrogens with zero attached hydrogens (tertiary/aromatic N) is 3. The minimum Gasteiger partial charge on any atom is -0.491 e. The van der Waals surface area contributed by atoms with Crippen molar-refractivity contribution in [1.82, 2.24) is 20.4 Å². The number of nitrogens with one attached hydrogen (secondary N) is 2. The summed E-state index contributed by atoms with van der Waals surface area (Å²) in [6.45, 7) is 13.5. The van der Waals surface area contributed by atoms with E-state index >= 15 is 0 Å². The molecule has 2 aromatic rings. The Labute approximate surface area is 186 Å². The molecule has 2 N–H and O–H groups in total. The molecule has 6 nitrogen and oxygen atoms in total. The van der Waals surface area contributed by atoms with Gasteiger partial charge in [0, 0.05) is 37.6 Å². The van der Waals surface area contributed by atoms with Crippen LogP contribution in [0, 0.1) is 12.8 Å². The summed E-state index contributed by atoms with van der Waals surface area (Å²) in [5.41, 5.74) is 2.28. The molecule has 0 spiro atoms. The first kappa shape index (κ1) is 24.3. The Morgan fingerprint density at radius 1 is 1.25 bits per heavy atom. The monoisotopic (exact) mass is 499 g/mol. The first-order valence-electron chi connectivity index (χ1n) is 9.73. The highest BCUT2D eigenvalue weighted by molar-refractivity contribution is 14.0. The van der Waals surface area contributed by atoms with Gasteiger partial charge in [-0.15, -0.1) is 24.0 Å². The van der Waals surface area contributed by atoms with Gasteiger partial charge in [0.25, 0.3) is 0 Å². The van der Waals surface area contributed by atoms with Crippen LogP contribution < -0.4 is 15.4 Å². The SMILES string of the molecule is CCNC(=NCc1ccc(C)cc1OC(C)C)NCC(C)Cn1cccn1.I. The van der Waals surface area contributed by atoms with Gasteiger partial charge in [-0.05, 0) is 51.3 Å². The van der Waals surface area contributed by atoms with Crippen molar-refractivity contribution in [1.29, 1.82) is 0 Å². The Morgan fingerprint density at radius 2 is 2.04 bits per heavy atom. The van der Waals surface area contributed by atoms with Gasteiger partial charge in [-0.2, -0.15) is 5.10 Å². The fraction of sp³-hybridized carbons (Fsp3) is 0.524. The second kappa shape index (κ2) is 12.6. The molecule has 1 heterocycles. The second-order valence-corrected chi connectivity index (χ2v) is 7.19. The second-order valence-electron chi connectivity index (χ2n) is 7.19. The molecule has 0 radical (unpaired) electrons. The molecule has 0 fully saturated rings. The highest BCUT2D eigenvalue weighted by Gasteiger charge is 2.08. The molecule has 1 unspecified atom stereocenters. The van der Waals surface area contributed by atoms with Crippen LogP contribution in [0.4, 0.5) is 0 Å². The van der Waals surface area contributed by atoms with Crippen LogP contribution in [-0.2, 0) is 13.1 Å². The van der Waals surface area contributed by atoms with Crippen molar-refractivity contribution >= 4 is 29.9 Å². The normalized spacial score (nSPS) is 12.4. The summed E-state index contributed by atoms with van der Waals surface area (Å²) in [4.78, 5) is 4.74. The number of halogens is 1. The van der Waals surface area contributed by atoms with Gasteiger partial charge in [0.05, 0.1) is 12.6 Å². The number of hydrogen-bond acceptors (Lipinski definition) is 3. The van der Waals surface area contributed by atoms with Crippen LogP contribution in [-0.4, -0.2) is 34.9 Å². The highest BCUT2D eigenvalue weighted by Crippen LogP contribution is 2.22. The summed E-state index contributed by atoms with van der Waals surface area (Å²) in [5, 5.41) is 11.0. The van der Waals surface area contributed by atoms with E-state index in [9.17, 15) is 0 Å². The van der Waals surface area contributed by atoms with Crippen molar-refractivity contribution in [2.24, 2.45) is 10.9 Å². The molecule has 156 valence electrons. The molecule has 0 saturated carbocycles. The van der Waals surface area contributed by atoms with Crippen molar-refractivity contribution in [2.45, 2.75) is 53.8 Å². The Hall–Kier alpha value is -1.77. The van der Waals surface area contributed by atoms with E-state index in [-0.39, 0.29) is 30.1 Å². The number of hydrogen-bond donors (Lipinski definition) is 2. The van der Waals surface area contributed by atoms with Crippen LogP contribution in [0.3, 0.4) is 0 Å². The lowest BCUT2D eigenvalue weighted by atomic mass is 10.1. The van der Waals surface area contributed by atoms with Crippen molar-refractivity contribution in [3.05, 3.63) is 47.8 Å². The molecule has 7 heteroatoms. The third kappa shape index (κ3) is 8.50. The van der Waals surface area contributed by atoms with E-state index < -0.39 is 0 Å². The summed E-state index contributed by atoms with van der Waals surface area (Å²) < 4.78 is 7.91. The zero-order valence-electron chi connectivity index (χ0n) is 17.6. The van der Waals surface area contributed by atoms with Crippen molar-refractivity contribution < 1.29 is 4.74 Å². The lowest BCUT2D eigenvalue weighted by Gasteiger charge is -2.17. The zero-order valence-corrected chi connectivity index (χ0v) is 19.9. The molecule has 0 amide bonds. The summed E-state index contributed by atoms with van der Waals surface area (Å²) in [5.74, 6) is 2.17. The maximum absolute atomic E-state index is 5.96. The lowest BCUT2D eigenvalue weighted by Crippen LogP contribution is -2.40. The van der Waals surface area contributed by atoms with Gasteiger partial charge in [0.15, 0.2) is 5.96 Å². The Kier molecular flexibility index (Phi) is 11.0. The van der Waals surface area contributed by atoms with Gasteiger partial charge < -0.3 is 15.4 Å². The van der Waals surface area contributed by atoms with Crippen LogP contribution in [0.2, 0.25) is 0 Å². The molecule has 0 saturated heterocycles. The summed E-state index contributed by atoms with van der Waals surface area (Å²) >= 11 is 0. The highest BCUT2D eigenvalue weighted by atomic mass is 127. The fourth-order valence-corrected chi connectivity index (χ4v) is 2.73. The molecule has 0 aliphatic rings. The van der Waals surface area contributed by atoms with E-state index in [4.69, 9.17) is 9.73 Å². The van der Waals surface area contributed by atoms with Gasteiger partial charge in [0.1, 0.15) is 5.75 Å². The molecular formula is C21H34IN5O. The minimum atomic E-state index is 0. The van der Waals surface area contributed by atoms with Crippen molar-refractivity contribution in [3.63, 3.8) is 0 Å². The number of rotatable bonds is 9. The Balaban J connectivity index is 0.00000392. The maximum atomic E-state index is 5.96. The third-order valence-electron chi connectivity index (χ3n) is 4.01. The van der Waals surface area contributed by atoms with Crippen LogP contribution in [0.1, 0.15) is 38.8 Å². The number of ether oxygens (including phenoxy) is 1. The molecule has 0 aliphatic carbocycles. The Bertz CT molecular complexity index is 716. The van der Waals surface area contributed by atoms with E-state index in [2.05, 4.69) is 54.7 Å². The van der Waals surface area contributed by atoms with Gasteiger partial charge >= 0.3 is 0 Å². The standard InChI is InChI=1S/C21H33N5O.HI/c1-6-22-21(23-13-18(5)15-26-11-7-10-25-26)24-14-19-9-8-17(4)12-20(19)27-16(2)3;/h7-12,16,18H,6,13-15H2,1-5H3,(H2,22,23,24);1H. The number of aliphatic imine (C=N–C) groups is 1. The van der Waals surface area contributed by atoms with Crippen LogP contribution in [0.15, 0.2) is 41.7 Å². The fourth-order valence-electron chi connectivity index (χ4n) is 2.73. The average Bonchev–Trinajstić information content (AvgIpc) is 3.11. The number of aryl methyl sites for hydroxylation is 1. The summed E-state index contributed by atoms with van der Waals surface area (Å²) in [6, 6.07) is 8.23. The maximum Gasteiger partial charge on any atom is 0.191 e. The molecule has 1 aromatic heterocycles. The largest absolute Gasteiger partial charge is 0.491 e. The van der Waals surface area contributed by atoms with Gasteiger partial charge in [-0.3, -0.25) is 4.68 Å². The molecule has 1 aromatic carbocycles. The Morgan fingerprint density at radius 3 is 2.68 bits per heavy atom. The van der Waals surface area contributed by atoms with Gasteiger partial charge in [-0.25, -0.2) is 4.99 Å². The quantitative estimate of drug-likeness (QED) is 0.311. The molecular weight excluding hydrogens is 465 g/mol. The van der Waals surface area contributed by atoms with Crippen LogP contribution in [0.5, 0.6) is 5.75 Å². The van der Waals surface area contributed by atoms with E-state index in [1.165, 1.54) is 5.56 Å². The number of guanidine groups is 1. The third-order valence-corrected chi connectivity index (χ3v) is 4.01. The molecule has 28 heavy (non-hydrogen) atoms. The van der Waals surface area contributed by atoms with E-state index in [0.717, 1.165) is 36.9 Å². The average molecular weight is 499 g/mol. The van der Waals surface area contributed by atoms with E-state index in [1.54, 1.807) is 0 Å². The van der Waals surface area contributed by atoms with Crippen molar-refractivity contribution in [3.8, 4) is 5.75 Å². The molecule has 2 rings (SSSR count). The van der Waals surface area contributed by atoms with Gasteiger partial charge in [0.2, 0.25) is 0 Å². The first-order valence-corrected chi connectivity index (χ1v) is 9.73. The van der Waals surface area contributed by atoms with E-state index in [1.807, 2.05) is 37.0 Å². The number of aromatic nitrogens is 2. The van der Waals surface area contributed by atoms with Crippen LogP contribution >= 0.6 is 24.0 Å². The predicted octanol–water partition coefficient (Wildman–Crippen LogP) is 3.99. The smallest absolute Gasteiger partial charge is 0.191 e. The molecule has 0 aliphatic heterocycles. The van der Waals surface area contributed by atoms with Crippen molar-refractivity contribution in [2.75, 3.05) is 13.1 Å². The number of benzene rings is 1. The summed E-state index contributed by atoms with van der Waals surface area (Å²) in [7, 11) is 0. The zero-order chi connectivity index (χ0) is 19.6. The van der Waals surface area contributed by atoms with Gasteiger partial charge in [-0.1, -0.05) is 19.1 Å². The molecule has 1 atom stereocenters. The topological polar surface area (TPSA) is 63.5 Å². The van der Waals surface area contributed by atoms with Crippen LogP contribution in [0.25, 0.3) is 0 Å². The predicted molar refractivity (Wildman–Crippen MR) is 127 cm³/mol. The lowest BCUT2D eigenvalue weighted by molar-refractivity contribution is 0.240. The minimum absolute atomic E-state index is 0. The summed E-state index contributed by atoms with van der Waals surface area (Å²) in [6.07, 6.45) is 3.94.